The topological polar surface area (TPSA) is 103 Å². The molecule has 0 spiro atoms. The van der Waals surface area contributed by atoms with Crippen LogP contribution in [0.5, 0.6) is 0 Å². The van der Waals surface area contributed by atoms with E-state index in [1.807, 2.05) is 54.0 Å². The monoisotopic (exact) mass is 419 g/mol. The van der Waals surface area contributed by atoms with E-state index in [-0.39, 0.29) is 23.0 Å². The lowest BCUT2D eigenvalue weighted by atomic mass is 10.1. The van der Waals surface area contributed by atoms with Crippen LogP contribution >= 0.6 is 11.8 Å². The Bertz CT molecular complexity index is 1250. The van der Waals surface area contributed by atoms with Crippen LogP contribution < -0.4 is 5.32 Å². The second kappa shape index (κ2) is 8.34. The molecule has 3 aromatic carbocycles. The number of nitrogens with one attached hydrogen (secondary N) is 1. The van der Waals surface area contributed by atoms with Crippen molar-refractivity contribution in [1.29, 1.82) is 0 Å². The normalized spacial score (nSPS) is 10.8. The zero-order valence-corrected chi connectivity index (χ0v) is 16.8. The maximum absolute atomic E-state index is 12.4. The molecule has 1 aromatic heterocycles. The number of fused-ring (bicyclic) bond motifs is 1. The van der Waals surface area contributed by atoms with Crippen LogP contribution in [0, 0.1) is 17.0 Å². The lowest BCUT2D eigenvalue weighted by molar-refractivity contribution is -0.383. The average molecular weight is 419 g/mol. The molecule has 9 heteroatoms. The zero-order valence-electron chi connectivity index (χ0n) is 16.0. The molecule has 0 fully saturated rings. The van der Waals surface area contributed by atoms with Crippen molar-refractivity contribution in [1.82, 2.24) is 14.8 Å². The number of carbonyl (C=O) groups is 1. The Morgan fingerprint density at radius 2 is 1.80 bits per heavy atom. The fourth-order valence-electron chi connectivity index (χ4n) is 3.17. The van der Waals surface area contributed by atoms with Gasteiger partial charge in [0.15, 0.2) is 5.16 Å². The van der Waals surface area contributed by atoms with E-state index in [1.54, 1.807) is 12.1 Å². The van der Waals surface area contributed by atoms with E-state index in [0.29, 0.717) is 11.0 Å². The molecule has 0 aliphatic carbocycles. The van der Waals surface area contributed by atoms with Crippen LogP contribution in [0.25, 0.3) is 16.5 Å². The summed E-state index contributed by atoms with van der Waals surface area (Å²) in [6.07, 6.45) is 0. The lowest BCUT2D eigenvalue weighted by Gasteiger charge is -2.11. The van der Waals surface area contributed by atoms with Gasteiger partial charge in [-0.2, -0.15) is 0 Å². The summed E-state index contributed by atoms with van der Waals surface area (Å²) in [5, 5.41) is 24.8. The van der Waals surface area contributed by atoms with E-state index in [0.717, 1.165) is 16.5 Å². The van der Waals surface area contributed by atoms with Gasteiger partial charge in [-0.1, -0.05) is 60.3 Å². The van der Waals surface area contributed by atoms with Crippen molar-refractivity contribution >= 4 is 39.8 Å². The summed E-state index contributed by atoms with van der Waals surface area (Å²) < 4.78 is 1.91. The number of amides is 1. The third-order valence-corrected chi connectivity index (χ3v) is 5.44. The summed E-state index contributed by atoms with van der Waals surface area (Å²) in [4.78, 5) is 23.0. The van der Waals surface area contributed by atoms with Crippen LogP contribution in [0.1, 0.15) is 5.82 Å². The minimum absolute atomic E-state index is 0.0367. The predicted molar refractivity (Wildman–Crippen MR) is 116 cm³/mol. The largest absolute Gasteiger partial charge is 0.320 e. The van der Waals surface area contributed by atoms with Gasteiger partial charge in [0.05, 0.1) is 16.4 Å². The second-order valence-electron chi connectivity index (χ2n) is 6.47. The van der Waals surface area contributed by atoms with Crippen molar-refractivity contribution in [2.75, 3.05) is 11.1 Å². The lowest BCUT2D eigenvalue weighted by Crippen LogP contribution is -2.15. The number of nitro groups is 1. The van der Waals surface area contributed by atoms with Crippen LogP contribution in [-0.2, 0) is 4.79 Å². The highest BCUT2D eigenvalue weighted by Crippen LogP contribution is 2.28. The Balaban J connectivity index is 1.56. The maximum Gasteiger partial charge on any atom is 0.292 e. The quantitative estimate of drug-likeness (QED) is 0.283. The van der Waals surface area contributed by atoms with Gasteiger partial charge in [0.25, 0.3) is 5.69 Å². The highest BCUT2D eigenvalue weighted by Gasteiger charge is 2.18. The molecule has 8 nitrogen and oxygen atoms in total. The Hall–Kier alpha value is -3.72. The number of nitrogens with zero attached hydrogens (tertiary/aromatic N) is 4. The molecule has 0 unspecified atom stereocenters. The number of rotatable bonds is 6. The molecule has 1 N–H and O–H groups in total. The Labute approximate surface area is 176 Å². The van der Waals surface area contributed by atoms with Gasteiger partial charge in [-0.25, -0.2) is 0 Å². The van der Waals surface area contributed by atoms with Crippen molar-refractivity contribution in [3.05, 3.63) is 82.7 Å². The second-order valence-corrected chi connectivity index (χ2v) is 7.42. The van der Waals surface area contributed by atoms with E-state index >= 15 is 0 Å². The fraction of sp³-hybridized carbons (Fsp3) is 0.0952. The van der Waals surface area contributed by atoms with Crippen molar-refractivity contribution in [2.45, 2.75) is 12.1 Å². The summed E-state index contributed by atoms with van der Waals surface area (Å²) in [5.74, 6) is 0.377. The number of hydrogen-bond acceptors (Lipinski definition) is 6. The molecular weight excluding hydrogens is 402 g/mol. The van der Waals surface area contributed by atoms with E-state index in [4.69, 9.17) is 0 Å². The molecule has 4 rings (SSSR count). The van der Waals surface area contributed by atoms with E-state index in [2.05, 4.69) is 15.5 Å². The van der Waals surface area contributed by atoms with Crippen molar-refractivity contribution in [2.24, 2.45) is 0 Å². The first-order valence-electron chi connectivity index (χ1n) is 9.11. The standard InChI is InChI=1S/C21H17N5O3S/c1-14-23-24-21(25(14)18-12-6-8-15-7-2-3-9-16(15)18)30-13-20(27)22-17-10-4-5-11-19(17)26(28)29/h2-12H,13H2,1H3,(H,22,27). The van der Waals surface area contributed by atoms with Gasteiger partial charge in [-0.05, 0) is 24.4 Å². The molecule has 0 saturated heterocycles. The Morgan fingerprint density at radius 1 is 1.07 bits per heavy atom. The van der Waals surface area contributed by atoms with Gasteiger partial charge in [0, 0.05) is 11.5 Å². The summed E-state index contributed by atoms with van der Waals surface area (Å²) in [5.41, 5.74) is 0.947. The molecule has 0 radical (unpaired) electrons. The van der Waals surface area contributed by atoms with E-state index < -0.39 is 4.92 Å². The molecule has 150 valence electrons. The Morgan fingerprint density at radius 3 is 2.63 bits per heavy atom. The molecular formula is C21H17N5O3S. The molecule has 0 aliphatic rings. The third kappa shape index (κ3) is 3.87. The summed E-state index contributed by atoms with van der Waals surface area (Å²) in [6.45, 7) is 1.85. The number of aromatic nitrogens is 3. The number of aryl methyl sites for hydroxylation is 1. The highest BCUT2D eigenvalue weighted by molar-refractivity contribution is 7.99. The number of anilines is 1. The number of thioether (sulfide) groups is 1. The van der Waals surface area contributed by atoms with Gasteiger partial charge in [0.1, 0.15) is 11.5 Å². The number of benzene rings is 3. The minimum atomic E-state index is -0.525. The van der Waals surface area contributed by atoms with E-state index in [9.17, 15) is 14.9 Å². The summed E-state index contributed by atoms with van der Waals surface area (Å²) in [7, 11) is 0. The smallest absolute Gasteiger partial charge is 0.292 e. The number of nitro benzene ring substituents is 1. The number of para-hydroxylation sites is 2. The third-order valence-electron chi connectivity index (χ3n) is 4.51. The molecule has 1 heterocycles. The first-order chi connectivity index (χ1) is 14.5. The van der Waals surface area contributed by atoms with Gasteiger partial charge < -0.3 is 5.32 Å². The van der Waals surface area contributed by atoms with E-state index in [1.165, 1.54) is 23.9 Å². The maximum atomic E-state index is 12.4. The Kier molecular flexibility index (Phi) is 5.44. The van der Waals surface area contributed by atoms with Gasteiger partial charge in [-0.15, -0.1) is 10.2 Å². The molecule has 0 aliphatic heterocycles. The van der Waals surface area contributed by atoms with Crippen molar-refractivity contribution in [3.8, 4) is 5.69 Å². The zero-order chi connectivity index (χ0) is 21.1. The van der Waals surface area contributed by atoms with Crippen molar-refractivity contribution < 1.29 is 9.72 Å². The molecule has 4 aromatic rings. The molecule has 0 bridgehead atoms. The molecule has 0 saturated carbocycles. The first-order valence-corrected chi connectivity index (χ1v) is 10.1. The number of carbonyl (C=O) groups excluding carboxylic acids is 1. The average Bonchev–Trinajstić information content (AvgIpc) is 3.12. The number of hydrogen-bond donors (Lipinski definition) is 1. The fourth-order valence-corrected chi connectivity index (χ4v) is 3.96. The minimum Gasteiger partial charge on any atom is -0.320 e. The predicted octanol–water partition coefficient (Wildman–Crippen LogP) is 4.37. The van der Waals surface area contributed by atoms with Crippen LogP contribution in [0.15, 0.2) is 71.9 Å². The molecule has 1 amide bonds. The van der Waals surface area contributed by atoms with Crippen molar-refractivity contribution in [3.63, 3.8) is 0 Å². The summed E-state index contributed by atoms with van der Waals surface area (Å²) >= 11 is 1.22. The van der Waals surface area contributed by atoms with Gasteiger partial charge in [0.2, 0.25) is 5.91 Å². The summed E-state index contributed by atoms with van der Waals surface area (Å²) in [6, 6.07) is 20.0. The SMILES string of the molecule is Cc1nnc(SCC(=O)Nc2ccccc2[N+](=O)[O-])n1-c1cccc2ccccc12. The molecule has 30 heavy (non-hydrogen) atoms. The van der Waals surface area contributed by atoms with Crippen LogP contribution in [0.4, 0.5) is 11.4 Å². The first kappa shape index (κ1) is 19.6. The van der Waals surface area contributed by atoms with Gasteiger partial charge in [-0.3, -0.25) is 19.5 Å². The highest BCUT2D eigenvalue weighted by atomic mass is 32.2. The van der Waals surface area contributed by atoms with Crippen LogP contribution in [0.3, 0.4) is 0 Å². The molecule has 0 atom stereocenters. The van der Waals surface area contributed by atoms with Crippen LogP contribution in [-0.4, -0.2) is 31.3 Å². The van der Waals surface area contributed by atoms with Crippen LogP contribution in [0.2, 0.25) is 0 Å². The van der Waals surface area contributed by atoms with Gasteiger partial charge >= 0.3 is 0 Å².